The molecular weight excluding hydrogens is 266 g/mol. The molecule has 1 aliphatic heterocycles. The Labute approximate surface area is 127 Å². The van der Waals surface area contributed by atoms with Gasteiger partial charge in [0.2, 0.25) is 0 Å². The van der Waals surface area contributed by atoms with E-state index in [1.165, 1.54) is 36.6 Å². The van der Waals surface area contributed by atoms with Crippen LogP contribution in [0.15, 0.2) is 5.38 Å². The monoisotopic (exact) mass is 295 g/mol. The standard InChI is InChI=1S/C16H29N3S/c1-13(2)8-17-9-15-18-14(11-20-15)10-19-7-5-6-16(3,4)12-19/h11,13,17H,5-10,12H2,1-4H3. The Morgan fingerprint density at radius 2 is 2.25 bits per heavy atom. The molecule has 0 aliphatic carbocycles. The summed E-state index contributed by atoms with van der Waals surface area (Å²) in [6.07, 6.45) is 2.67. The molecule has 1 fully saturated rings. The maximum atomic E-state index is 4.76. The third kappa shape index (κ3) is 5.15. The maximum Gasteiger partial charge on any atom is 0.107 e. The Bertz CT molecular complexity index is 412. The normalized spacial score (nSPS) is 19.6. The molecule has 4 heteroatoms. The lowest BCUT2D eigenvalue weighted by molar-refractivity contribution is 0.110. The lowest BCUT2D eigenvalue weighted by atomic mass is 9.84. The Hall–Kier alpha value is -0.450. The summed E-state index contributed by atoms with van der Waals surface area (Å²) in [5.74, 6) is 0.699. The second kappa shape index (κ2) is 7.01. The van der Waals surface area contributed by atoms with E-state index >= 15 is 0 Å². The van der Waals surface area contributed by atoms with Gasteiger partial charge >= 0.3 is 0 Å². The minimum absolute atomic E-state index is 0.468. The number of aromatic nitrogens is 1. The molecule has 0 atom stereocenters. The van der Waals surface area contributed by atoms with Crippen LogP contribution in [-0.4, -0.2) is 29.5 Å². The van der Waals surface area contributed by atoms with E-state index in [9.17, 15) is 0 Å². The molecular formula is C16H29N3S. The predicted octanol–water partition coefficient (Wildman–Crippen LogP) is 3.51. The van der Waals surface area contributed by atoms with Crippen molar-refractivity contribution in [3.63, 3.8) is 0 Å². The number of piperidine rings is 1. The van der Waals surface area contributed by atoms with Crippen molar-refractivity contribution in [1.29, 1.82) is 0 Å². The minimum Gasteiger partial charge on any atom is -0.310 e. The molecule has 0 unspecified atom stereocenters. The number of hydrogen-bond acceptors (Lipinski definition) is 4. The van der Waals surface area contributed by atoms with Crippen molar-refractivity contribution in [1.82, 2.24) is 15.2 Å². The highest BCUT2D eigenvalue weighted by molar-refractivity contribution is 7.09. The van der Waals surface area contributed by atoms with Gasteiger partial charge in [0.25, 0.3) is 0 Å². The first-order chi connectivity index (χ1) is 9.44. The zero-order chi connectivity index (χ0) is 14.6. The summed E-state index contributed by atoms with van der Waals surface area (Å²) in [6, 6.07) is 0. The lowest BCUT2D eigenvalue weighted by Gasteiger charge is -2.37. The van der Waals surface area contributed by atoms with Crippen LogP contribution in [0, 0.1) is 11.3 Å². The van der Waals surface area contributed by atoms with Crippen LogP contribution >= 0.6 is 11.3 Å². The van der Waals surface area contributed by atoms with Crippen LogP contribution in [0.2, 0.25) is 0 Å². The van der Waals surface area contributed by atoms with Gasteiger partial charge in [0.05, 0.1) is 5.69 Å². The van der Waals surface area contributed by atoms with Crippen LogP contribution in [0.5, 0.6) is 0 Å². The van der Waals surface area contributed by atoms with Gasteiger partial charge in [-0.05, 0) is 37.3 Å². The summed E-state index contributed by atoms with van der Waals surface area (Å²) < 4.78 is 0. The summed E-state index contributed by atoms with van der Waals surface area (Å²) >= 11 is 1.79. The van der Waals surface area contributed by atoms with Crippen molar-refractivity contribution in [3.8, 4) is 0 Å². The molecule has 1 aromatic heterocycles. The van der Waals surface area contributed by atoms with Gasteiger partial charge in [-0.25, -0.2) is 4.98 Å². The molecule has 3 nitrogen and oxygen atoms in total. The molecule has 1 aromatic rings. The molecule has 0 radical (unpaired) electrons. The highest BCUT2D eigenvalue weighted by Gasteiger charge is 2.26. The smallest absolute Gasteiger partial charge is 0.107 e. The van der Waals surface area contributed by atoms with Crippen LogP contribution in [0.1, 0.15) is 51.2 Å². The molecule has 2 rings (SSSR count). The van der Waals surface area contributed by atoms with Gasteiger partial charge in [0.1, 0.15) is 5.01 Å². The van der Waals surface area contributed by atoms with E-state index in [4.69, 9.17) is 4.98 Å². The zero-order valence-corrected chi connectivity index (χ0v) is 14.2. The highest BCUT2D eigenvalue weighted by atomic mass is 32.1. The second-order valence-electron chi connectivity index (χ2n) is 7.24. The van der Waals surface area contributed by atoms with E-state index in [-0.39, 0.29) is 0 Å². The Kier molecular flexibility index (Phi) is 5.58. The molecule has 0 aromatic carbocycles. The predicted molar refractivity (Wildman–Crippen MR) is 87.0 cm³/mol. The molecule has 0 bridgehead atoms. The summed E-state index contributed by atoms with van der Waals surface area (Å²) in [6.45, 7) is 14.6. The molecule has 20 heavy (non-hydrogen) atoms. The van der Waals surface area contributed by atoms with Gasteiger partial charge < -0.3 is 5.32 Å². The maximum absolute atomic E-state index is 4.76. The van der Waals surface area contributed by atoms with Gasteiger partial charge in [-0.3, -0.25) is 4.90 Å². The Morgan fingerprint density at radius 3 is 2.95 bits per heavy atom. The van der Waals surface area contributed by atoms with E-state index in [0.29, 0.717) is 11.3 Å². The quantitative estimate of drug-likeness (QED) is 0.870. The molecule has 2 heterocycles. The van der Waals surface area contributed by atoms with Gasteiger partial charge in [0, 0.05) is 25.0 Å². The van der Waals surface area contributed by atoms with Crippen LogP contribution in [0.3, 0.4) is 0 Å². The van der Waals surface area contributed by atoms with Crippen LogP contribution < -0.4 is 5.32 Å². The van der Waals surface area contributed by atoms with Crippen LogP contribution in [0.25, 0.3) is 0 Å². The first kappa shape index (κ1) is 15.9. The third-order valence-corrected chi connectivity index (χ3v) is 4.69. The van der Waals surface area contributed by atoms with E-state index in [2.05, 4.69) is 43.3 Å². The molecule has 0 amide bonds. The van der Waals surface area contributed by atoms with E-state index in [1.807, 2.05) is 0 Å². The highest BCUT2D eigenvalue weighted by Crippen LogP contribution is 2.29. The first-order valence-electron chi connectivity index (χ1n) is 7.81. The van der Waals surface area contributed by atoms with Crippen LogP contribution in [-0.2, 0) is 13.1 Å². The summed E-state index contributed by atoms with van der Waals surface area (Å²) in [4.78, 5) is 7.32. The van der Waals surface area contributed by atoms with Crippen molar-refractivity contribution in [2.45, 2.75) is 53.6 Å². The lowest BCUT2D eigenvalue weighted by Crippen LogP contribution is -2.39. The number of hydrogen-bond donors (Lipinski definition) is 1. The average Bonchev–Trinajstić information content (AvgIpc) is 2.75. The molecule has 1 N–H and O–H groups in total. The number of nitrogens with zero attached hydrogens (tertiary/aromatic N) is 2. The molecule has 0 spiro atoms. The number of rotatable bonds is 6. The van der Waals surface area contributed by atoms with E-state index in [1.54, 1.807) is 11.3 Å². The fourth-order valence-electron chi connectivity index (χ4n) is 2.88. The van der Waals surface area contributed by atoms with Crippen molar-refractivity contribution < 1.29 is 0 Å². The largest absolute Gasteiger partial charge is 0.310 e. The van der Waals surface area contributed by atoms with Gasteiger partial charge in [-0.15, -0.1) is 11.3 Å². The summed E-state index contributed by atoms with van der Waals surface area (Å²) in [7, 11) is 0. The first-order valence-corrected chi connectivity index (χ1v) is 8.69. The SMILES string of the molecule is CC(C)CNCc1nc(CN2CCCC(C)(C)C2)cs1. The number of likely N-dealkylation sites (tertiary alicyclic amines) is 1. The third-order valence-electron chi connectivity index (χ3n) is 3.79. The van der Waals surface area contributed by atoms with Crippen molar-refractivity contribution >= 4 is 11.3 Å². The van der Waals surface area contributed by atoms with Crippen molar-refractivity contribution in [2.24, 2.45) is 11.3 Å². The molecule has 1 saturated heterocycles. The average molecular weight is 295 g/mol. The fraction of sp³-hybridized carbons (Fsp3) is 0.812. The van der Waals surface area contributed by atoms with Gasteiger partial charge in [-0.1, -0.05) is 27.7 Å². The second-order valence-corrected chi connectivity index (χ2v) is 8.18. The number of nitrogens with one attached hydrogen (secondary N) is 1. The van der Waals surface area contributed by atoms with Crippen LogP contribution in [0.4, 0.5) is 0 Å². The van der Waals surface area contributed by atoms with Gasteiger partial charge in [-0.2, -0.15) is 0 Å². The van der Waals surface area contributed by atoms with Crippen molar-refractivity contribution in [3.05, 3.63) is 16.1 Å². The Balaban J connectivity index is 1.80. The fourth-order valence-corrected chi connectivity index (χ4v) is 3.63. The summed E-state index contributed by atoms with van der Waals surface area (Å²) in [5.41, 5.74) is 1.71. The minimum atomic E-state index is 0.468. The van der Waals surface area contributed by atoms with E-state index in [0.717, 1.165) is 19.6 Å². The topological polar surface area (TPSA) is 28.2 Å². The van der Waals surface area contributed by atoms with Crippen molar-refractivity contribution in [2.75, 3.05) is 19.6 Å². The van der Waals surface area contributed by atoms with Gasteiger partial charge in [0.15, 0.2) is 0 Å². The molecule has 114 valence electrons. The van der Waals surface area contributed by atoms with E-state index < -0.39 is 0 Å². The molecule has 1 aliphatic rings. The Morgan fingerprint density at radius 1 is 1.45 bits per heavy atom. The molecule has 0 saturated carbocycles. The number of thiazole rings is 1. The zero-order valence-electron chi connectivity index (χ0n) is 13.4. The summed E-state index contributed by atoms with van der Waals surface area (Å²) in [5, 5.41) is 6.92.